The maximum Gasteiger partial charge on any atom is 0.201 e. The lowest BCUT2D eigenvalue weighted by Crippen LogP contribution is -2.21. The SMILES string of the molecule is COc1ccc(-n2nc3ccc(N/N=C(\C#N)C(=N)N)cc3n2)cc1. The Hall–Kier alpha value is -3.93. The van der Waals surface area contributed by atoms with Crippen molar-refractivity contribution in [1.82, 2.24) is 15.0 Å². The zero-order chi connectivity index (χ0) is 17.8. The number of amidine groups is 1. The van der Waals surface area contributed by atoms with Gasteiger partial charge in [0.1, 0.15) is 22.9 Å². The summed E-state index contributed by atoms with van der Waals surface area (Å²) in [5.74, 6) is 0.352. The van der Waals surface area contributed by atoms with Crippen molar-refractivity contribution in [2.45, 2.75) is 0 Å². The fourth-order valence-corrected chi connectivity index (χ4v) is 2.08. The van der Waals surface area contributed by atoms with Gasteiger partial charge in [0, 0.05) is 0 Å². The Kier molecular flexibility index (Phi) is 4.26. The predicted molar refractivity (Wildman–Crippen MR) is 94.0 cm³/mol. The number of anilines is 1. The van der Waals surface area contributed by atoms with Gasteiger partial charge in [-0.3, -0.25) is 10.8 Å². The van der Waals surface area contributed by atoms with E-state index >= 15 is 0 Å². The van der Waals surface area contributed by atoms with Gasteiger partial charge < -0.3 is 10.5 Å². The summed E-state index contributed by atoms with van der Waals surface area (Å²) < 4.78 is 5.13. The van der Waals surface area contributed by atoms with Crippen LogP contribution in [0, 0.1) is 16.7 Å². The maximum absolute atomic E-state index is 8.84. The molecule has 0 aliphatic heterocycles. The molecule has 0 fully saturated rings. The number of ether oxygens (including phenoxy) is 1. The van der Waals surface area contributed by atoms with Crippen molar-refractivity contribution in [1.29, 1.82) is 10.7 Å². The highest BCUT2D eigenvalue weighted by Gasteiger charge is 2.07. The van der Waals surface area contributed by atoms with Crippen LogP contribution in [0.4, 0.5) is 5.69 Å². The van der Waals surface area contributed by atoms with E-state index in [0.717, 1.165) is 11.4 Å². The fourth-order valence-electron chi connectivity index (χ4n) is 2.08. The Morgan fingerprint density at radius 1 is 1.24 bits per heavy atom. The molecule has 0 atom stereocenters. The number of rotatable bonds is 5. The van der Waals surface area contributed by atoms with Gasteiger partial charge in [0.05, 0.1) is 18.5 Å². The summed E-state index contributed by atoms with van der Waals surface area (Å²) in [5, 5.41) is 28.7. The van der Waals surface area contributed by atoms with Gasteiger partial charge >= 0.3 is 0 Å². The van der Waals surface area contributed by atoms with Gasteiger partial charge in [0.2, 0.25) is 5.71 Å². The number of hydrazone groups is 1. The highest BCUT2D eigenvalue weighted by molar-refractivity contribution is 6.45. The standard InChI is InChI=1S/C16H14N8O/c1-25-12-5-3-11(4-6-12)24-22-13-7-2-10(8-14(13)23-24)20-21-15(9-17)16(18)19/h2-8,20H,1H3,(H3,18,19)/b21-15+. The summed E-state index contributed by atoms with van der Waals surface area (Å²) in [5.41, 5.74) is 10.5. The molecule has 1 aromatic heterocycles. The molecule has 0 aliphatic carbocycles. The Labute approximate surface area is 142 Å². The Morgan fingerprint density at radius 2 is 1.96 bits per heavy atom. The van der Waals surface area contributed by atoms with Crippen molar-refractivity contribution in [3.63, 3.8) is 0 Å². The first kappa shape index (κ1) is 15.9. The summed E-state index contributed by atoms with van der Waals surface area (Å²) in [6.07, 6.45) is 0. The molecule has 124 valence electrons. The van der Waals surface area contributed by atoms with Gasteiger partial charge in [-0.05, 0) is 42.5 Å². The van der Waals surface area contributed by atoms with Crippen LogP contribution in [-0.2, 0) is 0 Å². The minimum Gasteiger partial charge on any atom is -0.497 e. The lowest BCUT2D eigenvalue weighted by atomic mass is 10.3. The molecule has 1 heterocycles. The van der Waals surface area contributed by atoms with Crippen molar-refractivity contribution in [3.05, 3.63) is 42.5 Å². The molecule has 4 N–H and O–H groups in total. The molecule has 2 aromatic carbocycles. The zero-order valence-electron chi connectivity index (χ0n) is 13.3. The normalized spacial score (nSPS) is 11.1. The van der Waals surface area contributed by atoms with Gasteiger partial charge in [-0.25, -0.2) is 0 Å². The number of hydrogen-bond donors (Lipinski definition) is 3. The lowest BCUT2D eigenvalue weighted by molar-refractivity contribution is 0.414. The Bertz CT molecular complexity index is 997. The van der Waals surface area contributed by atoms with Crippen molar-refractivity contribution >= 4 is 28.3 Å². The predicted octanol–water partition coefficient (Wildman–Crippen LogP) is 1.66. The summed E-state index contributed by atoms with van der Waals surface area (Å²) >= 11 is 0. The number of hydrogen-bond acceptors (Lipinski definition) is 7. The van der Waals surface area contributed by atoms with E-state index in [0.29, 0.717) is 16.7 Å². The highest BCUT2D eigenvalue weighted by atomic mass is 16.5. The summed E-state index contributed by atoms with van der Waals surface area (Å²) in [6, 6.07) is 14.4. The van der Waals surface area contributed by atoms with E-state index in [-0.39, 0.29) is 5.71 Å². The quantitative estimate of drug-likeness (QED) is 0.368. The van der Waals surface area contributed by atoms with E-state index in [1.165, 1.54) is 4.80 Å². The molecule has 0 radical (unpaired) electrons. The Balaban J connectivity index is 1.88. The van der Waals surface area contributed by atoms with Gasteiger partial charge in [0.25, 0.3) is 0 Å². The van der Waals surface area contributed by atoms with E-state index < -0.39 is 5.84 Å². The van der Waals surface area contributed by atoms with Crippen LogP contribution in [0.15, 0.2) is 47.6 Å². The third-order valence-electron chi connectivity index (χ3n) is 3.34. The molecule has 0 spiro atoms. The number of nitriles is 1. The van der Waals surface area contributed by atoms with Gasteiger partial charge in [-0.1, -0.05) is 0 Å². The van der Waals surface area contributed by atoms with Crippen molar-refractivity contribution in [3.8, 4) is 17.5 Å². The van der Waals surface area contributed by atoms with E-state index in [2.05, 4.69) is 20.7 Å². The lowest BCUT2D eigenvalue weighted by Gasteiger charge is -2.01. The van der Waals surface area contributed by atoms with E-state index in [1.54, 1.807) is 31.4 Å². The number of nitrogens with zero attached hydrogens (tertiary/aromatic N) is 5. The van der Waals surface area contributed by atoms with Crippen LogP contribution in [-0.4, -0.2) is 33.7 Å². The summed E-state index contributed by atoms with van der Waals surface area (Å²) in [7, 11) is 1.61. The second-order valence-electron chi connectivity index (χ2n) is 4.99. The molecule has 0 unspecified atom stereocenters. The van der Waals surface area contributed by atoms with Crippen LogP contribution in [0.25, 0.3) is 16.7 Å². The number of methoxy groups -OCH3 is 1. The second kappa shape index (κ2) is 6.67. The van der Waals surface area contributed by atoms with Crippen LogP contribution >= 0.6 is 0 Å². The number of aromatic nitrogens is 3. The number of nitrogens with one attached hydrogen (secondary N) is 2. The minimum absolute atomic E-state index is 0.193. The Morgan fingerprint density at radius 3 is 2.60 bits per heavy atom. The zero-order valence-corrected chi connectivity index (χ0v) is 13.3. The monoisotopic (exact) mass is 334 g/mol. The second-order valence-corrected chi connectivity index (χ2v) is 4.99. The van der Waals surface area contributed by atoms with E-state index in [9.17, 15) is 0 Å². The molecule has 0 saturated carbocycles. The summed E-state index contributed by atoms with van der Waals surface area (Å²) in [4.78, 5) is 1.52. The molecule has 0 aliphatic rings. The molecule has 3 rings (SSSR count). The number of fused-ring (bicyclic) bond motifs is 1. The fraction of sp³-hybridized carbons (Fsp3) is 0.0625. The topological polar surface area (TPSA) is 138 Å². The van der Waals surface area contributed by atoms with Crippen molar-refractivity contribution in [2.75, 3.05) is 12.5 Å². The van der Waals surface area contributed by atoms with Crippen LogP contribution in [0.5, 0.6) is 5.75 Å². The average Bonchev–Trinajstić information content (AvgIpc) is 3.05. The third-order valence-corrected chi connectivity index (χ3v) is 3.34. The molecule has 0 bridgehead atoms. The molecule has 0 saturated heterocycles. The van der Waals surface area contributed by atoms with Crippen LogP contribution in [0.3, 0.4) is 0 Å². The third kappa shape index (κ3) is 3.37. The number of nitrogens with two attached hydrogens (primary N) is 1. The van der Waals surface area contributed by atoms with Crippen LogP contribution < -0.4 is 15.9 Å². The van der Waals surface area contributed by atoms with Gasteiger partial charge in [-0.2, -0.15) is 15.2 Å². The molecular formula is C16H14N8O. The first-order valence-electron chi connectivity index (χ1n) is 7.20. The van der Waals surface area contributed by atoms with E-state index in [4.69, 9.17) is 21.1 Å². The van der Waals surface area contributed by atoms with Crippen molar-refractivity contribution in [2.24, 2.45) is 10.8 Å². The minimum atomic E-state index is -0.401. The first-order valence-corrected chi connectivity index (χ1v) is 7.20. The molecule has 9 nitrogen and oxygen atoms in total. The molecular weight excluding hydrogens is 320 g/mol. The van der Waals surface area contributed by atoms with Crippen LogP contribution in [0.2, 0.25) is 0 Å². The first-order chi connectivity index (χ1) is 12.1. The number of benzene rings is 2. The molecule has 3 aromatic rings. The van der Waals surface area contributed by atoms with E-state index in [1.807, 2.05) is 24.3 Å². The maximum atomic E-state index is 8.84. The molecule has 0 amide bonds. The van der Waals surface area contributed by atoms with Gasteiger partial charge in [0.15, 0.2) is 5.84 Å². The smallest absolute Gasteiger partial charge is 0.201 e. The largest absolute Gasteiger partial charge is 0.497 e. The summed E-state index contributed by atoms with van der Waals surface area (Å²) in [6.45, 7) is 0. The van der Waals surface area contributed by atoms with Crippen LogP contribution in [0.1, 0.15) is 0 Å². The molecule has 25 heavy (non-hydrogen) atoms. The van der Waals surface area contributed by atoms with Crippen molar-refractivity contribution < 1.29 is 4.74 Å². The molecule has 9 heteroatoms. The highest BCUT2D eigenvalue weighted by Crippen LogP contribution is 2.19. The van der Waals surface area contributed by atoms with Gasteiger partial charge in [-0.15, -0.1) is 10.2 Å². The average molecular weight is 334 g/mol.